The van der Waals surface area contributed by atoms with Crippen molar-refractivity contribution >= 4 is 11.6 Å². The molecule has 0 atom stereocenters. The number of amides is 1. The molecule has 2 aromatic rings. The van der Waals surface area contributed by atoms with Crippen molar-refractivity contribution in [1.29, 1.82) is 0 Å². The van der Waals surface area contributed by atoms with E-state index in [1.165, 1.54) is 12.1 Å². The van der Waals surface area contributed by atoms with E-state index < -0.39 is 0 Å². The van der Waals surface area contributed by atoms with Crippen LogP contribution in [0.4, 0.5) is 14.5 Å². The monoisotopic (exact) mass is 372 g/mol. The molecule has 1 aliphatic heterocycles. The van der Waals surface area contributed by atoms with E-state index in [2.05, 4.69) is 4.90 Å². The SMILES string of the molecule is CCC(=O)N(c1ccccc1F)C1CCN(CCc2cccc(F)c2)CC1. The van der Waals surface area contributed by atoms with Gasteiger partial charge in [0.05, 0.1) is 5.69 Å². The van der Waals surface area contributed by atoms with Crippen molar-refractivity contribution in [1.82, 2.24) is 4.90 Å². The molecule has 1 amide bonds. The first-order valence-corrected chi connectivity index (χ1v) is 9.62. The van der Waals surface area contributed by atoms with E-state index in [0.29, 0.717) is 12.1 Å². The summed E-state index contributed by atoms with van der Waals surface area (Å²) in [5, 5.41) is 0. The Morgan fingerprint density at radius 1 is 1.11 bits per heavy atom. The molecular weight excluding hydrogens is 346 g/mol. The molecule has 0 bridgehead atoms. The Morgan fingerprint density at radius 3 is 2.52 bits per heavy atom. The molecule has 1 fully saturated rings. The smallest absolute Gasteiger partial charge is 0.227 e. The minimum Gasteiger partial charge on any atom is -0.306 e. The summed E-state index contributed by atoms with van der Waals surface area (Å²) in [5.41, 5.74) is 1.37. The maximum absolute atomic E-state index is 14.3. The number of para-hydroxylation sites is 1. The van der Waals surface area contributed by atoms with Crippen molar-refractivity contribution in [3.8, 4) is 0 Å². The van der Waals surface area contributed by atoms with Crippen LogP contribution >= 0.6 is 0 Å². The van der Waals surface area contributed by atoms with Crippen LogP contribution in [-0.2, 0) is 11.2 Å². The predicted molar refractivity (Wildman–Crippen MR) is 104 cm³/mol. The van der Waals surface area contributed by atoms with Crippen molar-refractivity contribution in [3.63, 3.8) is 0 Å². The van der Waals surface area contributed by atoms with Gasteiger partial charge in [-0.2, -0.15) is 0 Å². The first kappa shape index (κ1) is 19.5. The summed E-state index contributed by atoms with van der Waals surface area (Å²) in [4.78, 5) is 16.5. The van der Waals surface area contributed by atoms with E-state index in [-0.39, 0.29) is 23.6 Å². The average Bonchev–Trinajstić information content (AvgIpc) is 2.69. The van der Waals surface area contributed by atoms with Gasteiger partial charge in [0, 0.05) is 32.1 Å². The van der Waals surface area contributed by atoms with E-state index >= 15 is 0 Å². The summed E-state index contributed by atoms with van der Waals surface area (Å²) < 4.78 is 27.6. The summed E-state index contributed by atoms with van der Waals surface area (Å²) in [6, 6.07) is 13.2. The predicted octanol–water partition coefficient (Wildman–Crippen LogP) is 4.41. The second-order valence-corrected chi connectivity index (χ2v) is 7.02. The third-order valence-corrected chi connectivity index (χ3v) is 5.21. The van der Waals surface area contributed by atoms with Crippen LogP contribution in [0.2, 0.25) is 0 Å². The Kier molecular flexibility index (Phi) is 6.56. The average molecular weight is 372 g/mol. The van der Waals surface area contributed by atoms with Gasteiger partial charge >= 0.3 is 0 Å². The first-order valence-electron chi connectivity index (χ1n) is 9.62. The largest absolute Gasteiger partial charge is 0.306 e. The van der Waals surface area contributed by atoms with E-state index in [9.17, 15) is 13.6 Å². The fourth-order valence-electron chi connectivity index (χ4n) is 3.73. The minimum atomic E-state index is -0.354. The molecule has 0 aliphatic carbocycles. The van der Waals surface area contributed by atoms with E-state index in [1.807, 2.05) is 13.0 Å². The summed E-state index contributed by atoms with van der Waals surface area (Å²) in [7, 11) is 0. The molecule has 0 unspecified atom stereocenters. The molecule has 3 rings (SSSR count). The normalized spacial score (nSPS) is 15.7. The van der Waals surface area contributed by atoms with Crippen molar-refractivity contribution in [2.75, 3.05) is 24.5 Å². The zero-order valence-electron chi connectivity index (χ0n) is 15.7. The van der Waals surface area contributed by atoms with Crippen LogP contribution in [0.3, 0.4) is 0 Å². The lowest BCUT2D eigenvalue weighted by atomic mass is 10.0. The molecule has 0 saturated carbocycles. The summed E-state index contributed by atoms with van der Waals surface area (Å²) in [5.74, 6) is -0.601. The van der Waals surface area contributed by atoms with Crippen molar-refractivity contribution < 1.29 is 13.6 Å². The van der Waals surface area contributed by atoms with E-state index in [4.69, 9.17) is 0 Å². The molecule has 0 radical (unpaired) electrons. The van der Waals surface area contributed by atoms with Gasteiger partial charge in [-0.1, -0.05) is 31.2 Å². The quantitative estimate of drug-likeness (QED) is 0.750. The molecule has 2 aromatic carbocycles. The number of nitrogens with zero attached hydrogens (tertiary/aromatic N) is 2. The van der Waals surface area contributed by atoms with Gasteiger partial charge in [0.1, 0.15) is 11.6 Å². The van der Waals surface area contributed by atoms with Crippen LogP contribution in [0, 0.1) is 11.6 Å². The molecule has 1 heterocycles. The molecule has 1 saturated heterocycles. The number of carbonyl (C=O) groups is 1. The molecule has 1 aliphatic rings. The second-order valence-electron chi connectivity index (χ2n) is 7.02. The number of likely N-dealkylation sites (tertiary alicyclic amines) is 1. The number of halogens is 2. The Balaban J connectivity index is 1.60. The maximum atomic E-state index is 14.3. The molecule has 144 valence electrons. The number of carbonyl (C=O) groups excluding carboxylic acids is 1. The van der Waals surface area contributed by atoms with Crippen molar-refractivity contribution in [2.45, 2.75) is 38.6 Å². The first-order chi connectivity index (χ1) is 13.1. The van der Waals surface area contributed by atoms with Gasteiger partial charge < -0.3 is 9.80 Å². The number of piperidine rings is 1. The van der Waals surface area contributed by atoms with Gasteiger partial charge in [-0.3, -0.25) is 4.79 Å². The van der Waals surface area contributed by atoms with Crippen LogP contribution in [0.15, 0.2) is 48.5 Å². The van der Waals surface area contributed by atoms with Gasteiger partial charge in [-0.05, 0) is 49.1 Å². The minimum absolute atomic E-state index is 0.0137. The number of benzene rings is 2. The number of anilines is 1. The van der Waals surface area contributed by atoms with Crippen LogP contribution in [0.5, 0.6) is 0 Å². The molecule has 0 N–H and O–H groups in total. The Morgan fingerprint density at radius 2 is 1.85 bits per heavy atom. The number of rotatable bonds is 6. The number of hydrogen-bond donors (Lipinski definition) is 0. The molecule has 0 spiro atoms. The van der Waals surface area contributed by atoms with E-state index in [0.717, 1.165) is 44.5 Å². The number of hydrogen-bond acceptors (Lipinski definition) is 2. The van der Waals surface area contributed by atoms with Gasteiger partial charge in [0.15, 0.2) is 0 Å². The summed E-state index contributed by atoms with van der Waals surface area (Å²) in [6.45, 7) is 4.37. The standard InChI is InChI=1S/C22H26F2N2O/c1-2-22(27)26(21-9-4-3-8-20(21)24)19-11-14-25(15-12-19)13-10-17-6-5-7-18(23)16-17/h3-9,16,19H,2,10-15H2,1H3. The third-order valence-electron chi connectivity index (χ3n) is 5.21. The van der Waals surface area contributed by atoms with Gasteiger partial charge in [0.2, 0.25) is 5.91 Å². The molecule has 5 heteroatoms. The topological polar surface area (TPSA) is 23.6 Å². The fourth-order valence-corrected chi connectivity index (χ4v) is 3.73. The van der Waals surface area contributed by atoms with Crippen LogP contribution in [-0.4, -0.2) is 36.5 Å². The highest BCUT2D eigenvalue weighted by atomic mass is 19.1. The van der Waals surface area contributed by atoms with Crippen molar-refractivity contribution in [2.24, 2.45) is 0 Å². The zero-order valence-corrected chi connectivity index (χ0v) is 15.7. The molecule has 3 nitrogen and oxygen atoms in total. The highest BCUT2D eigenvalue weighted by Crippen LogP contribution is 2.27. The Labute approximate surface area is 159 Å². The van der Waals surface area contributed by atoms with Crippen molar-refractivity contribution in [3.05, 3.63) is 65.7 Å². The molecule has 0 aromatic heterocycles. The van der Waals surface area contributed by atoms with Gasteiger partial charge in [-0.15, -0.1) is 0 Å². The van der Waals surface area contributed by atoms with Crippen LogP contribution in [0.25, 0.3) is 0 Å². The second kappa shape index (κ2) is 9.09. The van der Waals surface area contributed by atoms with Crippen LogP contribution < -0.4 is 4.90 Å². The highest BCUT2D eigenvalue weighted by molar-refractivity contribution is 5.93. The van der Waals surface area contributed by atoms with E-state index in [1.54, 1.807) is 35.2 Å². The van der Waals surface area contributed by atoms with Gasteiger partial charge in [-0.25, -0.2) is 8.78 Å². The molecule has 27 heavy (non-hydrogen) atoms. The lowest BCUT2D eigenvalue weighted by molar-refractivity contribution is -0.119. The molecular formula is C22H26F2N2O. The summed E-state index contributed by atoms with van der Waals surface area (Å²) in [6.07, 6.45) is 2.77. The highest BCUT2D eigenvalue weighted by Gasteiger charge is 2.29. The van der Waals surface area contributed by atoms with Gasteiger partial charge in [0.25, 0.3) is 0 Å². The zero-order chi connectivity index (χ0) is 19.2. The van der Waals surface area contributed by atoms with Crippen LogP contribution in [0.1, 0.15) is 31.7 Å². The Hall–Kier alpha value is -2.27. The maximum Gasteiger partial charge on any atom is 0.227 e. The lowest BCUT2D eigenvalue weighted by Gasteiger charge is -2.38. The summed E-state index contributed by atoms with van der Waals surface area (Å²) >= 11 is 0. The fraction of sp³-hybridized carbons (Fsp3) is 0.409. The Bertz CT molecular complexity index is 772. The lowest BCUT2D eigenvalue weighted by Crippen LogP contribution is -2.48. The third kappa shape index (κ3) is 4.92.